The Hall–Kier alpha value is -3.11. The van der Waals surface area contributed by atoms with E-state index in [9.17, 15) is 4.57 Å². The van der Waals surface area contributed by atoms with Crippen LogP contribution in [0.4, 0.5) is 11.4 Å². The smallest absolute Gasteiger partial charge is 0.399 e. The van der Waals surface area contributed by atoms with E-state index in [0.717, 1.165) is 11.1 Å². The number of aryl methyl sites for hydroxylation is 2. The Morgan fingerprint density at radius 2 is 1.07 bits per heavy atom. The summed E-state index contributed by atoms with van der Waals surface area (Å²) in [4.78, 5) is 0. The van der Waals surface area contributed by atoms with Gasteiger partial charge in [-0.05, 0) is 73.5 Å². The van der Waals surface area contributed by atoms with Gasteiger partial charge in [-0.25, -0.2) is 0 Å². The Morgan fingerprint density at radius 3 is 1.48 bits per heavy atom. The molecule has 0 heterocycles. The Balaban J connectivity index is 1.95. The highest BCUT2D eigenvalue weighted by molar-refractivity contribution is 7.49. The molecule has 0 fully saturated rings. The summed E-state index contributed by atoms with van der Waals surface area (Å²) in [5.74, 6) is 1.08. The zero-order chi connectivity index (χ0) is 19.4. The summed E-state index contributed by atoms with van der Waals surface area (Å²) in [6.45, 7) is 3.72. The van der Waals surface area contributed by atoms with Crippen LogP contribution in [0, 0.1) is 13.8 Å². The molecule has 3 rings (SSSR count). The van der Waals surface area contributed by atoms with Gasteiger partial charge in [0.25, 0.3) is 0 Å². The van der Waals surface area contributed by atoms with Gasteiger partial charge in [-0.1, -0.05) is 18.2 Å². The topological polar surface area (TPSA) is 96.8 Å². The van der Waals surface area contributed by atoms with Gasteiger partial charge in [0.15, 0.2) is 0 Å². The first-order valence-corrected chi connectivity index (χ1v) is 9.77. The third kappa shape index (κ3) is 4.74. The maximum absolute atomic E-state index is 13.5. The van der Waals surface area contributed by atoms with Crippen molar-refractivity contribution < 1.29 is 18.1 Å². The molecule has 4 N–H and O–H groups in total. The minimum absolute atomic E-state index is 0.314. The van der Waals surface area contributed by atoms with Crippen LogP contribution in [0.1, 0.15) is 11.1 Å². The van der Waals surface area contributed by atoms with Crippen LogP contribution in [0.2, 0.25) is 0 Å². The lowest BCUT2D eigenvalue weighted by Crippen LogP contribution is -2.09. The first-order chi connectivity index (χ1) is 12.8. The SMILES string of the molecule is Cc1cccc(C)c1OP(=O)(Oc1ccc(N)cc1)Oc1ccc(N)cc1. The molecule has 3 aromatic rings. The first-order valence-electron chi connectivity index (χ1n) is 8.31. The van der Waals surface area contributed by atoms with Crippen LogP contribution >= 0.6 is 7.82 Å². The van der Waals surface area contributed by atoms with Gasteiger partial charge in [0, 0.05) is 11.4 Å². The minimum Gasteiger partial charge on any atom is -0.399 e. The van der Waals surface area contributed by atoms with Crippen molar-refractivity contribution >= 4 is 19.2 Å². The third-order valence-electron chi connectivity index (χ3n) is 3.81. The van der Waals surface area contributed by atoms with Crippen molar-refractivity contribution in [2.24, 2.45) is 0 Å². The number of nitrogen functional groups attached to an aromatic ring is 2. The molecule has 0 aliphatic rings. The molecule has 6 nitrogen and oxygen atoms in total. The van der Waals surface area contributed by atoms with Gasteiger partial charge in [0.05, 0.1) is 0 Å². The van der Waals surface area contributed by atoms with Crippen molar-refractivity contribution in [2.45, 2.75) is 13.8 Å². The van der Waals surface area contributed by atoms with E-state index in [4.69, 9.17) is 25.0 Å². The molecule has 0 bridgehead atoms. The van der Waals surface area contributed by atoms with E-state index >= 15 is 0 Å². The zero-order valence-electron chi connectivity index (χ0n) is 15.1. The van der Waals surface area contributed by atoms with Gasteiger partial charge < -0.3 is 25.0 Å². The molecule has 0 saturated heterocycles. The molecule has 0 spiro atoms. The summed E-state index contributed by atoms with van der Waals surface area (Å²) in [6.07, 6.45) is 0. The second-order valence-electron chi connectivity index (χ2n) is 6.08. The van der Waals surface area contributed by atoms with Crippen LogP contribution in [0.15, 0.2) is 66.7 Å². The molecule has 0 amide bonds. The van der Waals surface area contributed by atoms with E-state index in [2.05, 4.69) is 0 Å². The van der Waals surface area contributed by atoms with Gasteiger partial charge in [-0.3, -0.25) is 0 Å². The summed E-state index contributed by atoms with van der Waals surface area (Å²) in [7, 11) is -4.05. The number of hydrogen-bond donors (Lipinski definition) is 2. The number of phosphoric acid groups is 1. The van der Waals surface area contributed by atoms with Crippen LogP contribution in [0.25, 0.3) is 0 Å². The minimum atomic E-state index is -4.05. The predicted molar refractivity (Wildman–Crippen MR) is 107 cm³/mol. The van der Waals surface area contributed by atoms with Crippen molar-refractivity contribution in [1.82, 2.24) is 0 Å². The molecule has 27 heavy (non-hydrogen) atoms. The van der Waals surface area contributed by atoms with E-state index in [-0.39, 0.29) is 0 Å². The Morgan fingerprint density at radius 1 is 0.667 bits per heavy atom. The van der Waals surface area contributed by atoms with E-state index in [1.807, 2.05) is 32.0 Å². The number of anilines is 2. The molecular weight excluding hydrogens is 363 g/mol. The summed E-state index contributed by atoms with van der Waals surface area (Å²) in [5.41, 5.74) is 14.1. The molecule has 140 valence electrons. The molecule has 0 aliphatic heterocycles. The summed E-state index contributed by atoms with van der Waals surface area (Å²) in [5, 5.41) is 0. The molecule has 0 unspecified atom stereocenters. The fourth-order valence-corrected chi connectivity index (χ4v) is 3.81. The van der Waals surface area contributed by atoms with Gasteiger partial charge in [-0.2, -0.15) is 4.57 Å². The fourth-order valence-electron chi connectivity index (χ4n) is 2.43. The number of para-hydroxylation sites is 1. The molecule has 0 aliphatic carbocycles. The van der Waals surface area contributed by atoms with Gasteiger partial charge in [0.1, 0.15) is 17.2 Å². The molecule has 7 heteroatoms. The van der Waals surface area contributed by atoms with Gasteiger partial charge in [-0.15, -0.1) is 0 Å². The Labute approximate surface area is 158 Å². The van der Waals surface area contributed by atoms with E-state index in [1.165, 1.54) is 0 Å². The van der Waals surface area contributed by atoms with E-state index in [0.29, 0.717) is 28.6 Å². The molecule has 0 saturated carbocycles. The van der Waals surface area contributed by atoms with E-state index in [1.54, 1.807) is 48.5 Å². The van der Waals surface area contributed by atoms with Crippen molar-refractivity contribution in [3.63, 3.8) is 0 Å². The molecule has 0 aromatic heterocycles. The van der Waals surface area contributed by atoms with Crippen molar-refractivity contribution in [1.29, 1.82) is 0 Å². The fraction of sp³-hybridized carbons (Fsp3) is 0.100. The van der Waals surface area contributed by atoms with Crippen LogP contribution in [-0.4, -0.2) is 0 Å². The van der Waals surface area contributed by atoms with Crippen molar-refractivity contribution in [2.75, 3.05) is 11.5 Å². The lowest BCUT2D eigenvalue weighted by atomic mass is 10.1. The van der Waals surface area contributed by atoms with Crippen LogP contribution < -0.4 is 25.0 Å². The van der Waals surface area contributed by atoms with Crippen molar-refractivity contribution in [3.8, 4) is 17.2 Å². The number of phosphoric ester groups is 1. The predicted octanol–water partition coefficient (Wildman–Crippen LogP) is 5.11. The summed E-state index contributed by atoms with van der Waals surface area (Å²) >= 11 is 0. The average Bonchev–Trinajstić information content (AvgIpc) is 2.63. The maximum atomic E-state index is 13.5. The van der Waals surface area contributed by atoms with Gasteiger partial charge in [0.2, 0.25) is 0 Å². The Bertz CT molecular complexity index is 901. The third-order valence-corrected chi connectivity index (χ3v) is 5.08. The van der Waals surface area contributed by atoms with Crippen LogP contribution in [0.5, 0.6) is 17.2 Å². The summed E-state index contributed by atoms with van der Waals surface area (Å²) in [6, 6.07) is 18.6. The quantitative estimate of drug-likeness (QED) is 0.453. The Kier molecular flexibility index (Phi) is 5.28. The molecule has 0 atom stereocenters. The molecular formula is C20H21N2O4P. The number of benzene rings is 3. The summed E-state index contributed by atoms with van der Waals surface area (Å²) < 4.78 is 30.5. The molecule has 0 radical (unpaired) electrons. The number of nitrogens with two attached hydrogens (primary N) is 2. The largest absolute Gasteiger partial charge is 0.647 e. The van der Waals surface area contributed by atoms with E-state index < -0.39 is 7.82 Å². The van der Waals surface area contributed by atoms with Crippen LogP contribution in [0.3, 0.4) is 0 Å². The number of rotatable bonds is 6. The number of hydrogen-bond acceptors (Lipinski definition) is 6. The van der Waals surface area contributed by atoms with Crippen molar-refractivity contribution in [3.05, 3.63) is 77.9 Å². The highest BCUT2D eigenvalue weighted by Gasteiger charge is 2.34. The lowest BCUT2D eigenvalue weighted by Gasteiger charge is -2.21. The molecule has 3 aromatic carbocycles. The van der Waals surface area contributed by atoms with Gasteiger partial charge >= 0.3 is 7.82 Å². The second kappa shape index (κ2) is 7.64. The second-order valence-corrected chi connectivity index (χ2v) is 7.52. The standard InChI is InChI=1S/C20H21N2O4P/c1-14-4-3-5-15(2)20(14)26-27(23,24-18-10-6-16(21)7-11-18)25-19-12-8-17(22)9-13-19/h3-13H,21-22H2,1-2H3. The maximum Gasteiger partial charge on any atom is 0.647 e. The monoisotopic (exact) mass is 384 g/mol. The highest BCUT2D eigenvalue weighted by atomic mass is 31.2. The lowest BCUT2D eigenvalue weighted by molar-refractivity contribution is 0.297. The normalized spacial score (nSPS) is 11.0. The highest BCUT2D eigenvalue weighted by Crippen LogP contribution is 2.51. The van der Waals surface area contributed by atoms with Crippen LogP contribution in [-0.2, 0) is 4.57 Å². The average molecular weight is 384 g/mol. The zero-order valence-corrected chi connectivity index (χ0v) is 16.0. The first kappa shape index (κ1) is 18.7.